The summed E-state index contributed by atoms with van der Waals surface area (Å²) < 4.78 is 0. The van der Waals surface area contributed by atoms with Crippen LogP contribution in [0.4, 0.5) is 0 Å². The lowest BCUT2D eigenvalue weighted by molar-refractivity contribution is -0.130. The molecule has 2 aromatic rings. The third-order valence-corrected chi connectivity index (χ3v) is 4.52. The molecule has 2 N–H and O–H groups in total. The van der Waals surface area contributed by atoms with Gasteiger partial charge in [-0.25, -0.2) is 4.98 Å². The van der Waals surface area contributed by atoms with Crippen molar-refractivity contribution in [3.8, 4) is 0 Å². The number of nitrogens with zero attached hydrogens (tertiary/aromatic N) is 2. The highest BCUT2D eigenvalue weighted by molar-refractivity contribution is 6.31. The minimum atomic E-state index is -0.281. The van der Waals surface area contributed by atoms with Crippen molar-refractivity contribution >= 4 is 40.4 Å². The van der Waals surface area contributed by atoms with Gasteiger partial charge in [0.1, 0.15) is 0 Å². The quantitative estimate of drug-likeness (QED) is 0.870. The summed E-state index contributed by atoms with van der Waals surface area (Å²) in [4.78, 5) is 29.6. The first-order valence-electron chi connectivity index (χ1n) is 7.85. The van der Waals surface area contributed by atoms with Gasteiger partial charge in [-0.2, -0.15) is 0 Å². The minimum Gasteiger partial charge on any atom is -0.369 e. The number of hydrogen-bond acceptors (Lipinski definition) is 3. The summed E-state index contributed by atoms with van der Waals surface area (Å²) in [5.74, 6) is -0.479. The van der Waals surface area contributed by atoms with Gasteiger partial charge in [0.15, 0.2) is 0 Å². The molecule has 0 aliphatic carbocycles. The van der Waals surface area contributed by atoms with Crippen molar-refractivity contribution in [3.05, 3.63) is 47.1 Å². The molecule has 1 aromatic carbocycles. The lowest BCUT2D eigenvalue weighted by atomic mass is 9.96. The van der Waals surface area contributed by atoms with E-state index in [2.05, 4.69) is 4.98 Å². The standard InChI is InChI=1S/C18H18ClN3O2/c19-14-3-1-12-2-4-15(21-16(12)11-14)5-6-17(23)22-9-7-13(8-10-22)18(20)24/h1-6,11,13H,7-10H2,(H2,20,24). The number of carbonyl (C=O) groups excluding carboxylic acids is 2. The van der Waals surface area contributed by atoms with E-state index < -0.39 is 0 Å². The van der Waals surface area contributed by atoms with Gasteiger partial charge in [0.25, 0.3) is 0 Å². The second kappa shape index (κ2) is 7.01. The molecule has 2 amide bonds. The lowest BCUT2D eigenvalue weighted by Crippen LogP contribution is -2.41. The number of benzene rings is 1. The number of halogens is 1. The van der Waals surface area contributed by atoms with E-state index in [1.165, 1.54) is 6.08 Å². The van der Waals surface area contributed by atoms with E-state index in [0.29, 0.717) is 36.6 Å². The lowest BCUT2D eigenvalue weighted by Gasteiger charge is -2.29. The Kier molecular flexibility index (Phi) is 4.81. The fourth-order valence-electron chi connectivity index (χ4n) is 2.85. The van der Waals surface area contributed by atoms with Gasteiger partial charge in [0.2, 0.25) is 11.8 Å². The van der Waals surface area contributed by atoms with Gasteiger partial charge in [-0.05, 0) is 37.1 Å². The molecule has 6 heteroatoms. The molecule has 0 spiro atoms. The van der Waals surface area contributed by atoms with Crippen LogP contribution in [0.1, 0.15) is 18.5 Å². The molecule has 0 unspecified atom stereocenters. The molecule has 0 atom stereocenters. The third kappa shape index (κ3) is 3.74. The first-order chi connectivity index (χ1) is 11.5. The second-order valence-electron chi connectivity index (χ2n) is 5.91. The minimum absolute atomic E-state index is 0.0779. The zero-order valence-electron chi connectivity index (χ0n) is 13.1. The average Bonchev–Trinajstić information content (AvgIpc) is 2.59. The molecular formula is C18H18ClN3O2. The van der Waals surface area contributed by atoms with Crippen molar-refractivity contribution in [1.29, 1.82) is 0 Å². The van der Waals surface area contributed by atoms with Crippen LogP contribution in [0.3, 0.4) is 0 Å². The maximum absolute atomic E-state index is 12.2. The highest BCUT2D eigenvalue weighted by atomic mass is 35.5. The zero-order chi connectivity index (χ0) is 17.1. The van der Waals surface area contributed by atoms with Gasteiger partial charge < -0.3 is 10.6 Å². The first-order valence-corrected chi connectivity index (χ1v) is 8.23. The number of nitrogens with two attached hydrogens (primary N) is 1. The predicted molar refractivity (Wildman–Crippen MR) is 94.3 cm³/mol. The molecule has 0 bridgehead atoms. The van der Waals surface area contributed by atoms with Gasteiger partial charge in [0, 0.05) is 35.5 Å². The SMILES string of the molecule is NC(=O)C1CCN(C(=O)C=Cc2ccc3ccc(Cl)cc3n2)CC1. The first kappa shape index (κ1) is 16.5. The number of likely N-dealkylation sites (tertiary alicyclic amines) is 1. The molecule has 1 aromatic heterocycles. The number of carbonyl (C=O) groups is 2. The molecule has 3 rings (SSSR count). The number of hydrogen-bond donors (Lipinski definition) is 1. The predicted octanol–water partition coefficient (Wildman–Crippen LogP) is 2.63. The number of pyridine rings is 1. The van der Waals surface area contributed by atoms with E-state index in [-0.39, 0.29) is 17.7 Å². The molecule has 1 saturated heterocycles. The Balaban J connectivity index is 1.67. The van der Waals surface area contributed by atoms with Gasteiger partial charge in [0.05, 0.1) is 11.2 Å². The highest BCUT2D eigenvalue weighted by Crippen LogP contribution is 2.19. The van der Waals surface area contributed by atoms with Crippen LogP contribution < -0.4 is 5.73 Å². The van der Waals surface area contributed by atoms with Crippen molar-refractivity contribution < 1.29 is 9.59 Å². The third-order valence-electron chi connectivity index (χ3n) is 4.28. The summed E-state index contributed by atoms with van der Waals surface area (Å²) in [5, 5.41) is 1.63. The second-order valence-corrected chi connectivity index (χ2v) is 6.34. The maximum atomic E-state index is 12.2. The maximum Gasteiger partial charge on any atom is 0.246 e. The zero-order valence-corrected chi connectivity index (χ0v) is 13.9. The number of amides is 2. The molecule has 2 heterocycles. The molecule has 0 radical (unpaired) electrons. The molecule has 1 fully saturated rings. The van der Waals surface area contributed by atoms with E-state index in [4.69, 9.17) is 17.3 Å². The van der Waals surface area contributed by atoms with Gasteiger partial charge in [-0.3, -0.25) is 9.59 Å². The van der Waals surface area contributed by atoms with Crippen molar-refractivity contribution in [2.45, 2.75) is 12.8 Å². The molecule has 5 nitrogen and oxygen atoms in total. The summed E-state index contributed by atoms with van der Waals surface area (Å²) in [6.45, 7) is 1.11. The molecule has 0 saturated carbocycles. The Morgan fingerprint density at radius 3 is 2.62 bits per heavy atom. The van der Waals surface area contributed by atoms with E-state index >= 15 is 0 Å². The molecule has 1 aliphatic heterocycles. The molecule has 124 valence electrons. The molecular weight excluding hydrogens is 326 g/mol. The smallest absolute Gasteiger partial charge is 0.246 e. The highest BCUT2D eigenvalue weighted by Gasteiger charge is 2.24. The van der Waals surface area contributed by atoms with Crippen LogP contribution in [0, 0.1) is 5.92 Å². The number of primary amides is 1. The van der Waals surface area contributed by atoms with Crippen molar-refractivity contribution in [3.63, 3.8) is 0 Å². The van der Waals surface area contributed by atoms with Gasteiger partial charge in [-0.15, -0.1) is 0 Å². The van der Waals surface area contributed by atoms with Crippen LogP contribution in [0.2, 0.25) is 5.02 Å². The Morgan fingerprint density at radius 2 is 1.92 bits per heavy atom. The van der Waals surface area contributed by atoms with Gasteiger partial charge in [-0.1, -0.05) is 23.7 Å². The van der Waals surface area contributed by atoms with Gasteiger partial charge >= 0.3 is 0 Å². The Bertz CT molecular complexity index is 811. The van der Waals surface area contributed by atoms with Crippen LogP contribution in [-0.2, 0) is 9.59 Å². The van der Waals surface area contributed by atoms with Crippen molar-refractivity contribution in [1.82, 2.24) is 9.88 Å². The monoisotopic (exact) mass is 343 g/mol. The summed E-state index contributed by atoms with van der Waals surface area (Å²) in [6.07, 6.45) is 4.47. The molecule has 1 aliphatic rings. The van der Waals surface area contributed by atoms with E-state index in [1.807, 2.05) is 24.3 Å². The summed E-state index contributed by atoms with van der Waals surface area (Å²) in [5.41, 5.74) is 6.80. The van der Waals surface area contributed by atoms with Crippen LogP contribution in [0.15, 0.2) is 36.4 Å². The fraction of sp³-hybridized carbons (Fsp3) is 0.278. The van der Waals surface area contributed by atoms with Crippen LogP contribution >= 0.6 is 11.6 Å². The van der Waals surface area contributed by atoms with E-state index in [9.17, 15) is 9.59 Å². The number of aromatic nitrogens is 1. The molecule has 24 heavy (non-hydrogen) atoms. The summed E-state index contributed by atoms with van der Waals surface area (Å²) in [7, 11) is 0. The summed E-state index contributed by atoms with van der Waals surface area (Å²) in [6, 6.07) is 9.33. The van der Waals surface area contributed by atoms with Crippen LogP contribution in [-0.4, -0.2) is 34.8 Å². The summed E-state index contributed by atoms with van der Waals surface area (Å²) >= 11 is 5.98. The fourth-order valence-corrected chi connectivity index (χ4v) is 3.01. The average molecular weight is 344 g/mol. The Morgan fingerprint density at radius 1 is 1.21 bits per heavy atom. The van der Waals surface area contributed by atoms with E-state index in [0.717, 1.165) is 10.9 Å². The van der Waals surface area contributed by atoms with E-state index in [1.54, 1.807) is 17.0 Å². The van der Waals surface area contributed by atoms with Crippen molar-refractivity contribution in [2.24, 2.45) is 11.7 Å². The Labute approximate surface area is 145 Å². The number of rotatable bonds is 3. The van der Waals surface area contributed by atoms with Crippen molar-refractivity contribution in [2.75, 3.05) is 13.1 Å². The topological polar surface area (TPSA) is 76.3 Å². The largest absolute Gasteiger partial charge is 0.369 e. The normalized spacial score (nSPS) is 16.0. The number of piperidine rings is 1. The van der Waals surface area contributed by atoms with Crippen LogP contribution in [0.25, 0.3) is 17.0 Å². The number of fused-ring (bicyclic) bond motifs is 1. The Hall–Kier alpha value is -2.40. The van der Waals surface area contributed by atoms with Crippen LogP contribution in [0.5, 0.6) is 0 Å².